The van der Waals surface area contributed by atoms with Crippen molar-refractivity contribution < 1.29 is 8.94 Å². The first-order chi connectivity index (χ1) is 15.6. The molecule has 32 heavy (non-hydrogen) atoms. The van der Waals surface area contributed by atoms with E-state index < -0.39 is 0 Å². The molecule has 5 aromatic rings. The van der Waals surface area contributed by atoms with Crippen LogP contribution in [0.15, 0.2) is 75.0 Å². The molecule has 160 valence electrons. The van der Waals surface area contributed by atoms with E-state index in [9.17, 15) is 0 Å². The molecule has 0 saturated carbocycles. The fraction of sp³-hybridized carbons (Fsp3) is 0.130. The Morgan fingerprint density at radius 1 is 1.03 bits per heavy atom. The summed E-state index contributed by atoms with van der Waals surface area (Å²) in [4.78, 5) is 4.47. The molecule has 0 bridgehead atoms. The average molecular weight is 464 g/mol. The largest absolute Gasteiger partial charge is 0.420 e. The van der Waals surface area contributed by atoms with Gasteiger partial charge >= 0.3 is 0 Å². The van der Waals surface area contributed by atoms with Crippen LogP contribution in [0.2, 0.25) is 5.02 Å². The summed E-state index contributed by atoms with van der Waals surface area (Å²) in [6.07, 6.45) is 3.67. The lowest BCUT2D eigenvalue weighted by Crippen LogP contribution is -1.98. The topological polar surface area (TPSA) is 82.8 Å². The third-order valence-corrected chi connectivity index (χ3v) is 6.38. The number of benzene rings is 2. The normalized spacial score (nSPS) is 11.2. The monoisotopic (exact) mass is 463 g/mol. The zero-order valence-electron chi connectivity index (χ0n) is 17.3. The van der Waals surface area contributed by atoms with Crippen LogP contribution in [0, 0.1) is 13.8 Å². The molecule has 0 spiro atoms. The number of halogens is 1. The van der Waals surface area contributed by atoms with Crippen LogP contribution >= 0.6 is 23.4 Å². The van der Waals surface area contributed by atoms with Crippen molar-refractivity contribution >= 4 is 23.4 Å². The molecule has 7 nitrogen and oxygen atoms in total. The van der Waals surface area contributed by atoms with Crippen molar-refractivity contribution in [3.8, 4) is 28.4 Å². The Morgan fingerprint density at radius 3 is 2.72 bits per heavy atom. The van der Waals surface area contributed by atoms with Gasteiger partial charge in [-0.2, -0.15) is 0 Å². The summed E-state index contributed by atoms with van der Waals surface area (Å²) >= 11 is 7.80. The summed E-state index contributed by atoms with van der Waals surface area (Å²) in [6, 6.07) is 15.6. The first-order valence-electron chi connectivity index (χ1n) is 9.88. The predicted molar refractivity (Wildman–Crippen MR) is 123 cm³/mol. The second-order valence-electron chi connectivity index (χ2n) is 7.08. The van der Waals surface area contributed by atoms with Gasteiger partial charge in [-0.3, -0.25) is 4.57 Å². The molecule has 0 amide bonds. The van der Waals surface area contributed by atoms with Gasteiger partial charge < -0.3 is 8.94 Å². The number of aryl methyl sites for hydroxylation is 1. The van der Waals surface area contributed by atoms with Gasteiger partial charge in [-0.1, -0.05) is 64.9 Å². The predicted octanol–water partition coefficient (Wildman–Crippen LogP) is 6.14. The van der Waals surface area contributed by atoms with Gasteiger partial charge in [-0.15, -0.1) is 10.2 Å². The molecule has 0 aliphatic rings. The van der Waals surface area contributed by atoms with E-state index in [0.717, 1.165) is 22.0 Å². The Kier molecular flexibility index (Phi) is 5.55. The van der Waals surface area contributed by atoms with Crippen LogP contribution in [0.5, 0.6) is 0 Å². The van der Waals surface area contributed by atoms with Crippen molar-refractivity contribution in [2.75, 3.05) is 0 Å². The minimum absolute atomic E-state index is 0.382. The molecule has 9 heteroatoms. The van der Waals surface area contributed by atoms with E-state index in [-0.39, 0.29) is 0 Å². The average Bonchev–Trinajstić information content (AvgIpc) is 3.54. The molecular formula is C23H18ClN5O2S. The molecule has 2 aromatic carbocycles. The lowest BCUT2D eigenvalue weighted by atomic mass is 10.1. The molecule has 0 saturated heterocycles. The van der Waals surface area contributed by atoms with Gasteiger partial charge in [-0.05, 0) is 31.5 Å². The Hall–Kier alpha value is -3.36. The van der Waals surface area contributed by atoms with Crippen LogP contribution in [0.1, 0.15) is 17.2 Å². The highest BCUT2D eigenvalue weighted by molar-refractivity contribution is 7.98. The fourth-order valence-electron chi connectivity index (χ4n) is 3.39. The number of hydrogen-bond donors (Lipinski definition) is 0. The van der Waals surface area contributed by atoms with Gasteiger partial charge in [0.25, 0.3) is 5.89 Å². The Balaban J connectivity index is 1.38. The Morgan fingerprint density at radius 2 is 1.88 bits per heavy atom. The molecular weight excluding hydrogens is 446 g/mol. The molecule has 0 unspecified atom stereocenters. The van der Waals surface area contributed by atoms with Crippen molar-refractivity contribution in [3.63, 3.8) is 0 Å². The molecule has 5 rings (SSSR count). The van der Waals surface area contributed by atoms with E-state index in [4.69, 9.17) is 20.5 Å². The molecule has 0 fully saturated rings. The molecule has 3 aromatic heterocycles. The van der Waals surface area contributed by atoms with Gasteiger partial charge in [0.1, 0.15) is 17.0 Å². The Bertz CT molecular complexity index is 1380. The zero-order valence-corrected chi connectivity index (χ0v) is 18.9. The number of imidazole rings is 1. The maximum atomic E-state index is 6.29. The zero-order chi connectivity index (χ0) is 22.1. The first kappa shape index (κ1) is 20.5. The number of thioether (sulfide) groups is 1. The van der Waals surface area contributed by atoms with Crippen molar-refractivity contribution in [3.05, 3.63) is 83.2 Å². The maximum Gasteiger partial charge on any atom is 0.253 e. The molecule has 0 aliphatic heterocycles. The van der Waals surface area contributed by atoms with Gasteiger partial charge in [0.15, 0.2) is 5.16 Å². The minimum Gasteiger partial charge on any atom is -0.420 e. The highest BCUT2D eigenvalue weighted by Crippen LogP contribution is 2.34. The van der Waals surface area contributed by atoms with Crippen LogP contribution in [0.3, 0.4) is 0 Å². The van der Waals surface area contributed by atoms with Crippen molar-refractivity contribution in [1.29, 1.82) is 0 Å². The molecule has 0 atom stereocenters. The van der Waals surface area contributed by atoms with Crippen LogP contribution in [-0.4, -0.2) is 24.9 Å². The summed E-state index contributed by atoms with van der Waals surface area (Å²) in [5.74, 6) is 1.96. The van der Waals surface area contributed by atoms with Crippen LogP contribution in [0.25, 0.3) is 28.4 Å². The number of nitrogens with zero attached hydrogens (tertiary/aromatic N) is 5. The summed E-state index contributed by atoms with van der Waals surface area (Å²) < 4.78 is 13.4. The second kappa shape index (κ2) is 8.64. The quantitative estimate of drug-likeness (QED) is 0.279. The van der Waals surface area contributed by atoms with E-state index in [1.807, 2.05) is 73.1 Å². The van der Waals surface area contributed by atoms with E-state index in [1.165, 1.54) is 11.8 Å². The van der Waals surface area contributed by atoms with Crippen molar-refractivity contribution in [2.45, 2.75) is 24.8 Å². The van der Waals surface area contributed by atoms with E-state index in [1.54, 1.807) is 6.20 Å². The molecule has 0 N–H and O–H groups in total. The number of aromatic nitrogens is 5. The minimum atomic E-state index is 0.382. The van der Waals surface area contributed by atoms with Crippen LogP contribution in [0.4, 0.5) is 0 Å². The first-order valence-corrected chi connectivity index (χ1v) is 11.2. The maximum absolute atomic E-state index is 6.29. The van der Waals surface area contributed by atoms with Crippen LogP contribution < -0.4 is 0 Å². The van der Waals surface area contributed by atoms with Crippen molar-refractivity contribution in [1.82, 2.24) is 24.9 Å². The fourth-order valence-corrected chi connectivity index (χ4v) is 4.37. The van der Waals surface area contributed by atoms with Gasteiger partial charge in [0.2, 0.25) is 5.89 Å². The number of rotatable bonds is 6. The third kappa shape index (κ3) is 3.83. The summed E-state index contributed by atoms with van der Waals surface area (Å²) in [5, 5.41) is 14.2. The molecule has 0 radical (unpaired) electrons. The second-order valence-corrected chi connectivity index (χ2v) is 8.43. The highest BCUT2D eigenvalue weighted by atomic mass is 35.5. The molecule has 0 aliphatic carbocycles. The Labute approximate surface area is 193 Å². The third-order valence-electron chi connectivity index (χ3n) is 5.02. The summed E-state index contributed by atoms with van der Waals surface area (Å²) in [7, 11) is 0. The highest BCUT2D eigenvalue weighted by Gasteiger charge is 2.22. The van der Waals surface area contributed by atoms with E-state index >= 15 is 0 Å². The van der Waals surface area contributed by atoms with E-state index in [2.05, 4.69) is 20.3 Å². The SMILES string of the molecule is Cc1onc(-c2ccccc2)c1-c1nnc(CSc2nccn2-c2cccc(Cl)c2C)o1. The van der Waals surface area contributed by atoms with Crippen molar-refractivity contribution in [2.24, 2.45) is 0 Å². The van der Waals surface area contributed by atoms with Gasteiger partial charge in [-0.25, -0.2) is 4.98 Å². The standard InChI is InChI=1S/C23H18ClN5O2S/c1-14-17(24)9-6-10-18(14)29-12-11-25-23(29)32-13-19-26-27-22(30-19)20-15(2)31-28-21(20)16-7-4-3-5-8-16/h3-12H,13H2,1-2H3. The van der Waals surface area contributed by atoms with E-state index in [0.29, 0.717) is 39.6 Å². The lowest BCUT2D eigenvalue weighted by Gasteiger charge is -2.10. The number of hydrogen-bond acceptors (Lipinski definition) is 7. The lowest BCUT2D eigenvalue weighted by molar-refractivity contribution is 0.399. The summed E-state index contributed by atoms with van der Waals surface area (Å²) in [5.41, 5.74) is 4.28. The summed E-state index contributed by atoms with van der Waals surface area (Å²) in [6.45, 7) is 3.82. The van der Waals surface area contributed by atoms with Gasteiger partial charge in [0.05, 0.1) is 11.4 Å². The van der Waals surface area contributed by atoms with Crippen LogP contribution in [-0.2, 0) is 5.75 Å². The van der Waals surface area contributed by atoms with Gasteiger partial charge in [0, 0.05) is 23.0 Å². The smallest absolute Gasteiger partial charge is 0.253 e. The molecule has 3 heterocycles.